The first-order valence-electron chi connectivity index (χ1n) is 11.0. The van der Waals surface area contributed by atoms with E-state index in [0.29, 0.717) is 22.8 Å². The number of nitrogens with zero attached hydrogens (tertiary/aromatic N) is 4. The summed E-state index contributed by atoms with van der Waals surface area (Å²) < 4.78 is 10.1. The molecule has 2 N–H and O–H groups in total. The summed E-state index contributed by atoms with van der Waals surface area (Å²) in [7, 11) is 2.42. The van der Waals surface area contributed by atoms with Crippen molar-refractivity contribution in [3.63, 3.8) is 0 Å². The average molecular weight is 482 g/mol. The molecule has 1 aromatic heterocycles. The molecule has 2 heterocycles. The summed E-state index contributed by atoms with van der Waals surface area (Å²) in [6, 6.07) is 19.8. The third kappa shape index (κ3) is 4.28. The number of carbonyl (C=O) groups is 2. The molecular formula is C27H23N5O4. The van der Waals surface area contributed by atoms with Crippen LogP contribution in [-0.2, 0) is 19.1 Å². The maximum Gasteiger partial charge on any atom is 0.355 e. The lowest BCUT2D eigenvalue weighted by atomic mass is 9.81. The molecule has 4 rings (SSSR count). The molecule has 0 spiro atoms. The molecule has 0 bridgehead atoms. The van der Waals surface area contributed by atoms with Gasteiger partial charge in [-0.05, 0) is 30.7 Å². The van der Waals surface area contributed by atoms with Crippen LogP contribution in [0.2, 0.25) is 0 Å². The van der Waals surface area contributed by atoms with Crippen LogP contribution in [0.3, 0.4) is 0 Å². The molecule has 0 radical (unpaired) electrons. The van der Waals surface area contributed by atoms with Crippen molar-refractivity contribution in [2.75, 3.05) is 19.1 Å². The zero-order valence-corrected chi connectivity index (χ0v) is 19.9. The lowest BCUT2D eigenvalue weighted by Crippen LogP contribution is -2.40. The lowest BCUT2D eigenvalue weighted by molar-refractivity contribution is -0.139. The number of carbonyl (C=O) groups excluding carboxylic acids is 2. The maximum atomic E-state index is 13.2. The Morgan fingerprint density at radius 2 is 1.75 bits per heavy atom. The van der Waals surface area contributed by atoms with Crippen LogP contribution < -0.4 is 10.6 Å². The van der Waals surface area contributed by atoms with Crippen molar-refractivity contribution in [1.29, 1.82) is 5.26 Å². The first-order chi connectivity index (χ1) is 17.4. The van der Waals surface area contributed by atoms with Gasteiger partial charge in [0.15, 0.2) is 0 Å². The molecule has 1 atom stereocenters. The quantitative estimate of drug-likeness (QED) is 0.545. The van der Waals surface area contributed by atoms with E-state index in [4.69, 9.17) is 15.2 Å². The monoisotopic (exact) mass is 481 g/mol. The van der Waals surface area contributed by atoms with Crippen molar-refractivity contribution < 1.29 is 19.1 Å². The van der Waals surface area contributed by atoms with E-state index < -0.39 is 17.9 Å². The lowest BCUT2D eigenvalue weighted by Gasteiger charge is -2.36. The van der Waals surface area contributed by atoms with E-state index >= 15 is 0 Å². The third-order valence-corrected chi connectivity index (χ3v) is 5.79. The van der Waals surface area contributed by atoms with Crippen LogP contribution in [0.15, 0.2) is 89.5 Å². The van der Waals surface area contributed by atoms with Crippen LogP contribution in [0.5, 0.6) is 0 Å². The Balaban J connectivity index is 2.01. The number of allylic oxidation sites excluding steroid dienone is 1. The second kappa shape index (κ2) is 10.1. The minimum atomic E-state index is -0.929. The number of aryl methyl sites for hydroxylation is 1. The first-order valence-corrected chi connectivity index (χ1v) is 11.0. The summed E-state index contributed by atoms with van der Waals surface area (Å²) in [6.45, 7) is 1.78. The molecule has 1 aliphatic heterocycles. The smallest absolute Gasteiger partial charge is 0.355 e. The summed E-state index contributed by atoms with van der Waals surface area (Å²) in [4.78, 5) is 36.3. The van der Waals surface area contributed by atoms with Crippen LogP contribution in [0.4, 0.5) is 5.69 Å². The van der Waals surface area contributed by atoms with E-state index in [2.05, 4.69) is 16.0 Å². The van der Waals surface area contributed by atoms with Gasteiger partial charge in [0, 0.05) is 17.4 Å². The molecule has 0 saturated carbocycles. The fourth-order valence-corrected chi connectivity index (χ4v) is 4.20. The summed E-state index contributed by atoms with van der Waals surface area (Å²) in [5.74, 6) is -1.93. The number of rotatable bonds is 5. The van der Waals surface area contributed by atoms with Crippen molar-refractivity contribution in [3.05, 3.63) is 101 Å². The molecule has 3 aromatic rings. The highest BCUT2D eigenvalue weighted by Gasteiger charge is 2.43. The second-order valence-corrected chi connectivity index (χ2v) is 7.87. The van der Waals surface area contributed by atoms with Gasteiger partial charge in [-0.2, -0.15) is 5.26 Å². The fraction of sp³-hybridized carbons (Fsp3) is 0.148. The zero-order chi connectivity index (χ0) is 25.8. The minimum Gasteiger partial charge on any atom is -0.466 e. The van der Waals surface area contributed by atoms with Gasteiger partial charge in [0.2, 0.25) is 0 Å². The molecular weight excluding hydrogens is 458 g/mol. The Bertz CT molecular complexity index is 1440. The summed E-state index contributed by atoms with van der Waals surface area (Å²) in [5, 5.41) is 10.2. The normalized spacial score (nSPS) is 15.4. The largest absolute Gasteiger partial charge is 0.466 e. The summed E-state index contributed by atoms with van der Waals surface area (Å²) >= 11 is 0. The number of hydrogen-bond acceptors (Lipinski definition) is 9. The molecule has 180 valence electrons. The zero-order valence-electron chi connectivity index (χ0n) is 19.9. The molecule has 0 fully saturated rings. The SMILES string of the molecule is COC(=O)C1=C(C(=O)OC)N(c2cccc(-c3ccnc(C)n3)c2)C(N)=C(C#N)C1c1ccccc1. The van der Waals surface area contributed by atoms with Gasteiger partial charge >= 0.3 is 11.9 Å². The minimum absolute atomic E-state index is 0.00424. The first kappa shape index (κ1) is 24.2. The third-order valence-electron chi connectivity index (χ3n) is 5.79. The number of esters is 2. The number of nitriles is 1. The molecule has 0 amide bonds. The van der Waals surface area contributed by atoms with Crippen LogP contribution in [-0.4, -0.2) is 36.1 Å². The van der Waals surface area contributed by atoms with E-state index in [-0.39, 0.29) is 22.7 Å². The Morgan fingerprint density at radius 1 is 1.03 bits per heavy atom. The van der Waals surface area contributed by atoms with Crippen molar-refractivity contribution in [2.24, 2.45) is 5.73 Å². The van der Waals surface area contributed by atoms with Gasteiger partial charge in [-0.25, -0.2) is 19.6 Å². The molecule has 1 aliphatic rings. The van der Waals surface area contributed by atoms with Crippen molar-refractivity contribution in [1.82, 2.24) is 9.97 Å². The highest BCUT2D eigenvalue weighted by atomic mass is 16.5. The Kier molecular flexibility index (Phi) is 6.79. The van der Waals surface area contributed by atoms with Gasteiger partial charge in [-0.3, -0.25) is 4.90 Å². The molecule has 2 aromatic carbocycles. The van der Waals surface area contributed by atoms with Crippen LogP contribution in [0.1, 0.15) is 17.3 Å². The number of ether oxygens (including phenoxy) is 2. The Morgan fingerprint density at radius 3 is 2.39 bits per heavy atom. The van der Waals surface area contributed by atoms with E-state index in [1.807, 2.05) is 6.07 Å². The highest BCUT2D eigenvalue weighted by molar-refractivity contribution is 6.06. The van der Waals surface area contributed by atoms with Crippen molar-refractivity contribution in [3.8, 4) is 17.3 Å². The molecule has 1 unspecified atom stereocenters. The van der Waals surface area contributed by atoms with E-state index in [1.165, 1.54) is 19.1 Å². The average Bonchev–Trinajstić information content (AvgIpc) is 2.92. The number of benzene rings is 2. The Labute approximate surface area is 208 Å². The number of methoxy groups -OCH3 is 2. The molecule has 36 heavy (non-hydrogen) atoms. The highest BCUT2D eigenvalue weighted by Crippen LogP contribution is 2.43. The number of hydrogen-bond donors (Lipinski definition) is 1. The molecule has 9 nitrogen and oxygen atoms in total. The van der Waals surface area contributed by atoms with Gasteiger partial charge in [-0.15, -0.1) is 0 Å². The molecule has 9 heteroatoms. The van der Waals surface area contributed by atoms with Gasteiger partial charge in [0.25, 0.3) is 0 Å². The van der Waals surface area contributed by atoms with Crippen molar-refractivity contribution >= 4 is 17.6 Å². The number of aromatic nitrogens is 2. The maximum absolute atomic E-state index is 13.2. The summed E-state index contributed by atoms with van der Waals surface area (Å²) in [6.07, 6.45) is 1.65. The fourth-order valence-electron chi connectivity index (χ4n) is 4.20. The van der Waals surface area contributed by atoms with E-state index in [9.17, 15) is 14.9 Å². The second-order valence-electron chi connectivity index (χ2n) is 7.87. The Hall–Kier alpha value is -4.97. The standard InChI is InChI=1S/C27H23N5O4/c1-16-30-13-12-21(31-16)18-10-7-11-19(14-18)32-24(27(34)36-3)23(26(33)35-2)22(20(15-28)25(32)29)17-8-5-4-6-9-17/h4-14,22H,29H2,1-3H3. The van der Waals surface area contributed by atoms with Gasteiger partial charge in [0.1, 0.15) is 17.3 Å². The number of anilines is 1. The predicted octanol–water partition coefficient (Wildman–Crippen LogP) is 3.35. The molecule has 0 aliphatic carbocycles. The van der Waals surface area contributed by atoms with E-state index in [1.54, 1.807) is 67.7 Å². The number of nitrogens with two attached hydrogens (primary N) is 1. The van der Waals surface area contributed by atoms with Gasteiger partial charge < -0.3 is 15.2 Å². The topological polar surface area (TPSA) is 131 Å². The van der Waals surface area contributed by atoms with Crippen LogP contribution in [0, 0.1) is 18.3 Å². The van der Waals surface area contributed by atoms with Gasteiger partial charge in [0.05, 0.1) is 43.0 Å². The molecule has 0 saturated heterocycles. The van der Waals surface area contributed by atoms with Gasteiger partial charge in [-0.1, -0.05) is 42.5 Å². The predicted molar refractivity (Wildman–Crippen MR) is 132 cm³/mol. The van der Waals surface area contributed by atoms with Crippen LogP contribution in [0.25, 0.3) is 11.3 Å². The van der Waals surface area contributed by atoms with Crippen LogP contribution >= 0.6 is 0 Å². The van der Waals surface area contributed by atoms with Crippen molar-refractivity contribution in [2.45, 2.75) is 12.8 Å². The summed E-state index contributed by atoms with van der Waals surface area (Å²) in [5.41, 5.74) is 8.88. The van der Waals surface area contributed by atoms with E-state index in [0.717, 1.165) is 5.56 Å².